The van der Waals surface area contributed by atoms with E-state index in [0.29, 0.717) is 0 Å². The molecule has 0 aliphatic heterocycles. The number of hydrogen-bond donors (Lipinski definition) is 0. The second-order valence-electron chi connectivity index (χ2n) is 3.64. The molecule has 0 amide bonds. The fourth-order valence-electron chi connectivity index (χ4n) is 1.47. The van der Waals surface area contributed by atoms with Crippen LogP contribution in [0.1, 0.15) is 64.7 Å². The number of hydrogen-bond acceptors (Lipinski definition) is 1. The lowest BCUT2D eigenvalue weighted by molar-refractivity contribution is 0.573. The van der Waals surface area contributed by atoms with Gasteiger partial charge in [0.25, 0.3) is 0 Å². The fraction of sp³-hybridized carbons (Fsp3) is 1.00. The topological polar surface area (TPSA) is 0 Å². The van der Waals surface area contributed by atoms with Crippen LogP contribution in [0, 0.1) is 0 Å². The highest BCUT2D eigenvalue weighted by Gasteiger charge is 1.91. The molecule has 0 N–H and O–H groups in total. The predicted molar refractivity (Wildman–Crippen MR) is 68.6 cm³/mol. The van der Waals surface area contributed by atoms with Gasteiger partial charge in [-0.3, -0.25) is 0 Å². The van der Waals surface area contributed by atoms with Crippen molar-refractivity contribution in [2.24, 2.45) is 0 Å². The quantitative estimate of drug-likeness (QED) is 0.467. The van der Waals surface area contributed by atoms with E-state index >= 15 is 0 Å². The van der Waals surface area contributed by atoms with Crippen LogP contribution in [-0.2, 0) is 0 Å². The van der Waals surface area contributed by atoms with E-state index in [2.05, 4.69) is 21.7 Å². The molecule has 0 saturated heterocycles. The largest absolute Gasteiger partial charge is 0.0836 e. The van der Waals surface area contributed by atoms with E-state index < -0.39 is 0 Å². The summed E-state index contributed by atoms with van der Waals surface area (Å²) >= 11 is 3.38. The minimum atomic E-state index is 1.27. The average Bonchev–Trinajstić information content (AvgIpc) is 2.16. The van der Waals surface area contributed by atoms with Crippen molar-refractivity contribution in [3.8, 4) is 0 Å². The lowest BCUT2D eigenvalue weighted by atomic mass is 10.1. The molecule has 0 saturated carbocycles. The molecule has 80 valence electrons. The van der Waals surface area contributed by atoms with Crippen molar-refractivity contribution in [3.05, 3.63) is 0 Å². The maximum absolute atomic E-state index is 3.38. The average molecular weight is 267 g/mol. The Balaban J connectivity index is 2.76. The molecule has 0 aromatic carbocycles. The molecule has 0 aromatic heterocycles. The van der Waals surface area contributed by atoms with Crippen LogP contribution in [0.5, 0.6) is 0 Å². The van der Waals surface area contributed by atoms with Crippen molar-refractivity contribution in [3.63, 3.8) is 0 Å². The summed E-state index contributed by atoms with van der Waals surface area (Å²) in [4.78, 5) is 0. The third-order valence-electron chi connectivity index (χ3n) is 2.33. The van der Waals surface area contributed by atoms with E-state index in [1.807, 2.05) is 0 Å². The van der Waals surface area contributed by atoms with E-state index in [9.17, 15) is 0 Å². The van der Waals surface area contributed by atoms with Crippen molar-refractivity contribution in [1.29, 1.82) is 0 Å². The standard InChI is InChI=1S/C11H23BrS/c1-2-3-4-5-6-7-8-9-10-11-13-12/h2-11H2,1H3. The first-order valence-corrected chi connectivity index (χ1v) is 8.48. The first kappa shape index (κ1) is 13.8. The zero-order valence-corrected chi connectivity index (χ0v) is 11.3. The van der Waals surface area contributed by atoms with Gasteiger partial charge in [0.1, 0.15) is 0 Å². The Labute approximate surface area is 95.5 Å². The molecular weight excluding hydrogens is 244 g/mol. The highest BCUT2D eigenvalue weighted by Crippen LogP contribution is 2.14. The van der Waals surface area contributed by atoms with Gasteiger partial charge in [0, 0.05) is 5.75 Å². The van der Waals surface area contributed by atoms with Crippen molar-refractivity contribution >= 4 is 25.0 Å². The smallest absolute Gasteiger partial charge is 0.00425 e. The molecular formula is C11H23BrS. The van der Waals surface area contributed by atoms with Crippen LogP contribution in [-0.4, -0.2) is 5.75 Å². The second kappa shape index (κ2) is 12.8. The van der Waals surface area contributed by atoms with Gasteiger partial charge in [-0.15, -0.1) is 0 Å². The molecule has 0 spiro atoms. The number of rotatable bonds is 10. The van der Waals surface area contributed by atoms with Gasteiger partial charge in [-0.1, -0.05) is 68.5 Å². The van der Waals surface area contributed by atoms with Crippen LogP contribution in [0.15, 0.2) is 0 Å². The van der Waals surface area contributed by atoms with E-state index in [0.717, 1.165) is 0 Å². The molecule has 0 aliphatic carbocycles. The Morgan fingerprint density at radius 3 is 1.69 bits per heavy atom. The van der Waals surface area contributed by atoms with Crippen LogP contribution in [0.3, 0.4) is 0 Å². The summed E-state index contributed by atoms with van der Waals surface area (Å²) in [5, 5.41) is 0. The Kier molecular flexibility index (Phi) is 13.6. The van der Waals surface area contributed by atoms with Crippen molar-refractivity contribution < 1.29 is 0 Å². The van der Waals surface area contributed by atoms with Crippen LogP contribution in [0.2, 0.25) is 0 Å². The molecule has 0 aliphatic rings. The first-order valence-electron chi connectivity index (χ1n) is 5.65. The van der Waals surface area contributed by atoms with Crippen LogP contribution in [0.25, 0.3) is 0 Å². The Hall–Kier alpha value is 0.830. The number of halogens is 1. The highest BCUT2D eigenvalue weighted by molar-refractivity contribution is 9.50. The second-order valence-corrected chi connectivity index (χ2v) is 5.64. The summed E-state index contributed by atoms with van der Waals surface area (Å²) in [6.45, 7) is 2.28. The van der Waals surface area contributed by atoms with Crippen molar-refractivity contribution in [2.45, 2.75) is 64.7 Å². The molecule has 0 unspecified atom stereocenters. The lowest BCUT2D eigenvalue weighted by Gasteiger charge is -2.00. The van der Waals surface area contributed by atoms with Crippen LogP contribution >= 0.6 is 25.0 Å². The van der Waals surface area contributed by atoms with E-state index in [1.165, 1.54) is 63.5 Å². The zero-order valence-electron chi connectivity index (χ0n) is 8.86. The summed E-state index contributed by atoms with van der Waals surface area (Å²) < 4.78 is 0. The Morgan fingerprint density at radius 2 is 1.23 bits per heavy atom. The molecule has 0 atom stereocenters. The van der Waals surface area contributed by atoms with E-state index in [1.54, 1.807) is 10.2 Å². The SMILES string of the molecule is CCCCCCCCCCCSBr. The summed E-state index contributed by atoms with van der Waals surface area (Å²) in [5.41, 5.74) is 0. The van der Waals surface area contributed by atoms with Gasteiger partial charge in [-0.05, 0) is 21.2 Å². The van der Waals surface area contributed by atoms with E-state index in [4.69, 9.17) is 0 Å². The third kappa shape index (κ3) is 12.8. The van der Waals surface area contributed by atoms with Crippen LogP contribution in [0.4, 0.5) is 0 Å². The molecule has 0 rings (SSSR count). The molecule has 0 aromatic rings. The molecule has 13 heavy (non-hydrogen) atoms. The first-order chi connectivity index (χ1) is 6.41. The molecule has 2 heteroatoms. The van der Waals surface area contributed by atoms with Crippen molar-refractivity contribution in [1.82, 2.24) is 0 Å². The minimum absolute atomic E-state index is 1.27. The molecule has 0 fully saturated rings. The maximum Gasteiger partial charge on any atom is 0.00425 e. The van der Waals surface area contributed by atoms with Gasteiger partial charge in [-0.2, -0.15) is 0 Å². The summed E-state index contributed by atoms with van der Waals surface area (Å²) in [6.07, 6.45) is 12.9. The fourth-order valence-corrected chi connectivity index (χ4v) is 2.47. The highest BCUT2D eigenvalue weighted by atomic mass is 79.9. The predicted octanol–water partition coefficient (Wildman–Crippen LogP) is 5.56. The zero-order chi connectivity index (χ0) is 9.78. The van der Waals surface area contributed by atoms with Gasteiger partial charge < -0.3 is 0 Å². The molecule has 0 bridgehead atoms. The van der Waals surface area contributed by atoms with Gasteiger partial charge in [0.15, 0.2) is 0 Å². The summed E-state index contributed by atoms with van der Waals surface area (Å²) in [5.74, 6) is 1.27. The summed E-state index contributed by atoms with van der Waals surface area (Å²) in [7, 11) is 1.79. The van der Waals surface area contributed by atoms with Gasteiger partial charge in [0.2, 0.25) is 0 Å². The van der Waals surface area contributed by atoms with Gasteiger partial charge >= 0.3 is 0 Å². The lowest BCUT2D eigenvalue weighted by Crippen LogP contribution is -1.81. The summed E-state index contributed by atoms with van der Waals surface area (Å²) in [6, 6.07) is 0. The molecule has 0 nitrogen and oxygen atoms in total. The number of unbranched alkanes of at least 4 members (excludes halogenated alkanes) is 8. The van der Waals surface area contributed by atoms with Gasteiger partial charge in [-0.25, -0.2) is 0 Å². The van der Waals surface area contributed by atoms with Crippen LogP contribution < -0.4 is 0 Å². The Bertz CT molecular complexity index is 76.2. The molecule has 0 radical (unpaired) electrons. The third-order valence-corrected chi connectivity index (χ3v) is 3.74. The van der Waals surface area contributed by atoms with Crippen molar-refractivity contribution in [2.75, 3.05) is 5.75 Å². The maximum atomic E-state index is 3.38. The molecule has 0 heterocycles. The normalized spacial score (nSPS) is 10.6. The monoisotopic (exact) mass is 266 g/mol. The van der Waals surface area contributed by atoms with Gasteiger partial charge in [0.05, 0.1) is 0 Å². The van der Waals surface area contributed by atoms with E-state index in [-0.39, 0.29) is 0 Å². The Morgan fingerprint density at radius 1 is 0.769 bits per heavy atom. The minimum Gasteiger partial charge on any atom is -0.0836 e.